The second-order valence-corrected chi connectivity index (χ2v) is 8.08. The van der Waals surface area contributed by atoms with E-state index in [0.29, 0.717) is 0 Å². The zero-order valence-electron chi connectivity index (χ0n) is 9.29. The number of sulfone groups is 2. The van der Waals surface area contributed by atoms with Gasteiger partial charge >= 0.3 is 0 Å². The highest BCUT2D eigenvalue weighted by Crippen LogP contribution is 2.01. The molecule has 96 valence electrons. The molecule has 0 radical (unpaired) electrons. The highest BCUT2D eigenvalue weighted by molar-refractivity contribution is 7.92. The zero-order valence-corrected chi connectivity index (χ0v) is 10.9. The molecule has 0 heterocycles. The Morgan fingerprint density at radius 3 is 1.35 bits per heavy atom. The predicted molar refractivity (Wildman–Crippen MR) is 62.4 cm³/mol. The largest absolute Gasteiger partial charge is 0.229 e. The number of nitriles is 2. The first-order valence-corrected chi connectivity index (χ1v) is 8.62. The maximum atomic E-state index is 11.3. The van der Waals surface area contributed by atoms with Crippen molar-refractivity contribution in [1.29, 1.82) is 10.5 Å². The smallest absolute Gasteiger partial charge is 0.151 e. The second-order valence-electron chi connectivity index (χ2n) is 3.47. The van der Waals surface area contributed by atoms with E-state index >= 15 is 0 Å². The maximum Gasteiger partial charge on any atom is 0.151 e. The van der Waals surface area contributed by atoms with Crippen LogP contribution in [0.3, 0.4) is 0 Å². The molecule has 0 N–H and O–H groups in total. The molecule has 0 aliphatic carbocycles. The molecular weight excluding hydrogens is 264 g/mol. The van der Waals surface area contributed by atoms with Gasteiger partial charge in [-0.05, 0) is 6.42 Å². The van der Waals surface area contributed by atoms with Gasteiger partial charge in [-0.15, -0.1) is 0 Å². The Bertz CT molecular complexity index is 460. The Labute approximate surface area is 102 Å². The molecule has 0 bridgehead atoms. The average molecular weight is 278 g/mol. The normalized spacial score (nSPS) is 11.6. The van der Waals surface area contributed by atoms with Gasteiger partial charge in [0.05, 0.1) is 35.1 Å². The summed E-state index contributed by atoms with van der Waals surface area (Å²) in [6.45, 7) is 0. The lowest BCUT2D eigenvalue weighted by atomic mass is 10.5. The van der Waals surface area contributed by atoms with Crippen molar-refractivity contribution in [3.63, 3.8) is 0 Å². The summed E-state index contributed by atoms with van der Waals surface area (Å²) in [6, 6.07) is 3.45. The first-order chi connectivity index (χ1) is 7.83. The van der Waals surface area contributed by atoms with Crippen LogP contribution in [0.1, 0.15) is 19.3 Å². The van der Waals surface area contributed by atoms with E-state index in [1.807, 2.05) is 0 Å². The molecule has 0 amide bonds. The van der Waals surface area contributed by atoms with Gasteiger partial charge in [0.1, 0.15) is 0 Å². The topological polar surface area (TPSA) is 116 Å². The van der Waals surface area contributed by atoms with Crippen LogP contribution in [-0.4, -0.2) is 39.8 Å². The van der Waals surface area contributed by atoms with E-state index in [4.69, 9.17) is 10.5 Å². The van der Waals surface area contributed by atoms with E-state index in [9.17, 15) is 16.8 Å². The maximum absolute atomic E-state index is 11.3. The Morgan fingerprint density at radius 1 is 0.706 bits per heavy atom. The summed E-state index contributed by atoms with van der Waals surface area (Å²) in [5.41, 5.74) is 0. The molecule has 0 rings (SSSR count). The van der Waals surface area contributed by atoms with Crippen molar-refractivity contribution < 1.29 is 16.8 Å². The van der Waals surface area contributed by atoms with Crippen molar-refractivity contribution in [1.82, 2.24) is 0 Å². The van der Waals surface area contributed by atoms with Gasteiger partial charge in [0.15, 0.2) is 19.7 Å². The monoisotopic (exact) mass is 278 g/mol. The third-order valence-corrected chi connectivity index (χ3v) is 5.43. The van der Waals surface area contributed by atoms with Crippen LogP contribution in [0.4, 0.5) is 0 Å². The Hall–Kier alpha value is -1.12. The lowest BCUT2D eigenvalue weighted by Crippen LogP contribution is -2.17. The minimum Gasteiger partial charge on any atom is -0.229 e. The molecule has 0 saturated carbocycles. The lowest BCUT2D eigenvalue weighted by molar-refractivity contribution is 0.589. The van der Waals surface area contributed by atoms with Crippen LogP contribution in [0.25, 0.3) is 0 Å². The number of hydrogen-bond donors (Lipinski definition) is 0. The molecule has 0 atom stereocenters. The number of rotatable bonds is 8. The van der Waals surface area contributed by atoms with Crippen molar-refractivity contribution in [2.75, 3.05) is 23.0 Å². The van der Waals surface area contributed by atoms with Crippen LogP contribution in [0, 0.1) is 22.7 Å². The van der Waals surface area contributed by atoms with E-state index in [2.05, 4.69) is 0 Å². The van der Waals surface area contributed by atoms with Crippen molar-refractivity contribution in [2.24, 2.45) is 0 Å². The Kier molecular flexibility index (Phi) is 6.78. The molecular formula is C9H14N2O4S2. The Balaban J connectivity index is 4.08. The summed E-state index contributed by atoms with van der Waals surface area (Å²) >= 11 is 0. The quantitative estimate of drug-likeness (QED) is 0.618. The van der Waals surface area contributed by atoms with Crippen LogP contribution in [0.2, 0.25) is 0 Å². The predicted octanol–water partition coefficient (Wildman–Crippen LogP) is 0.0335. The molecule has 8 heteroatoms. The zero-order chi connectivity index (χ0) is 13.4. The first kappa shape index (κ1) is 15.9. The fourth-order valence-electron chi connectivity index (χ4n) is 1.11. The lowest BCUT2D eigenvalue weighted by Gasteiger charge is -2.02. The minimum atomic E-state index is -3.34. The van der Waals surface area contributed by atoms with Crippen LogP contribution in [0.5, 0.6) is 0 Å². The molecule has 17 heavy (non-hydrogen) atoms. The molecule has 0 unspecified atom stereocenters. The second kappa shape index (κ2) is 7.25. The van der Waals surface area contributed by atoms with E-state index in [1.165, 1.54) is 0 Å². The van der Waals surface area contributed by atoms with Gasteiger partial charge in [-0.1, -0.05) is 0 Å². The molecule has 0 fully saturated rings. The molecule has 0 saturated heterocycles. The summed E-state index contributed by atoms with van der Waals surface area (Å²) < 4.78 is 45.2. The highest BCUT2D eigenvalue weighted by atomic mass is 32.2. The number of hydrogen-bond acceptors (Lipinski definition) is 6. The fraction of sp³-hybridized carbons (Fsp3) is 0.778. The fourth-order valence-corrected chi connectivity index (χ4v) is 3.67. The third kappa shape index (κ3) is 8.66. The third-order valence-electron chi connectivity index (χ3n) is 1.96. The first-order valence-electron chi connectivity index (χ1n) is 4.98. The van der Waals surface area contributed by atoms with E-state index in [-0.39, 0.29) is 42.3 Å². The van der Waals surface area contributed by atoms with E-state index < -0.39 is 19.7 Å². The molecule has 0 aliphatic rings. The van der Waals surface area contributed by atoms with Crippen molar-refractivity contribution >= 4 is 19.7 Å². The number of nitrogens with zero attached hydrogens (tertiary/aromatic N) is 2. The average Bonchev–Trinajstić information content (AvgIpc) is 2.23. The van der Waals surface area contributed by atoms with Crippen molar-refractivity contribution in [2.45, 2.75) is 19.3 Å². The van der Waals surface area contributed by atoms with E-state index in [1.54, 1.807) is 12.1 Å². The van der Waals surface area contributed by atoms with Crippen molar-refractivity contribution in [3.8, 4) is 12.1 Å². The van der Waals surface area contributed by atoms with Gasteiger partial charge in [-0.2, -0.15) is 10.5 Å². The van der Waals surface area contributed by atoms with Crippen LogP contribution in [-0.2, 0) is 19.7 Å². The molecule has 0 spiro atoms. The van der Waals surface area contributed by atoms with Crippen LogP contribution < -0.4 is 0 Å². The minimum absolute atomic E-state index is 0.0154. The highest BCUT2D eigenvalue weighted by Gasteiger charge is 2.14. The molecule has 0 aliphatic heterocycles. The standard InChI is InChI=1S/C9H14N2O4S2/c10-4-1-6-16(12,13)8-3-9-17(14,15)7-2-5-11/h1-3,6-9H2. The molecule has 0 aromatic rings. The van der Waals surface area contributed by atoms with Gasteiger partial charge in [-0.25, -0.2) is 16.8 Å². The molecule has 0 aromatic heterocycles. The van der Waals surface area contributed by atoms with Gasteiger partial charge in [-0.3, -0.25) is 0 Å². The van der Waals surface area contributed by atoms with E-state index in [0.717, 1.165) is 0 Å². The molecule has 6 nitrogen and oxygen atoms in total. The van der Waals surface area contributed by atoms with Crippen LogP contribution in [0.15, 0.2) is 0 Å². The summed E-state index contributed by atoms with van der Waals surface area (Å²) in [5.74, 6) is -0.940. The van der Waals surface area contributed by atoms with Gasteiger partial charge in [0, 0.05) is 12.8 Å². The van der Waals surface area contributed by atoms with Crippen LogP contribution >= 0.6 is 0 Å². The SMILES string of the molecule is N#CCCS(=O)(=O)CCCS(=O)(=O)CCC#N. The van der Waals surface area contributed by atoms with Gasteiger partial charge < -0.3 is 0 Å². The summed E-state index contributed by atoms with van der Waals surface area (Å²) in [7, 11) is -6.68. The summed E-state index contributed by atoms with van der Waals surface area (Å²) in [4.78, 5) is 0. The van der Waals surface area contributed by atoms with Crippen molar-refractivity contribution in [3.05, 3.63) is 0 Å². The van der Waals surface area contributed by atoms with Gasteiger partial charge in [0.25, 0.3) is 0 Å². The van der Waals surface area contributed by atoms with Gasteiger partial charge in [0.2, 0.25) is 0 Å². The summed E-state index contributed by atoms with van der Waals surface area (Å²) in [6.07, 6.45) is -0.144. The Morgan fingerprint density at radius 2 is 1.06 bits per heavy atom. The molecule has 0 aromatic carbocycles. The summed E-state index contributed by atoms with van der Waals surface area (Å²) in [5, 5.41) is 16.5.